The van der Waals surface area contributed by atoms with Crippen molar-refractivity contribution in [3.63, 3.8) is 0 Å². The molecule has 0 saturated heterocycles. The highest BCUT2D eigenvalue weighted by Gasteiger charge is 2.30. The second-order valence-corrected chi connectivity index (χ2v) is 6.02. The average Bonchev–Trinajstić information content (AvgIpc) is 2.27. The summed E-state index contributed by atoms with van der Waals surface area (Å²) < 4.78 is 36.6. The van der Waals surface area contributed by atoms with Gasteiger partial charge in [0.05, 0.1) is 16.2 Å². The molecule has 0 N–H and O–H groups in total. The molecule has 1 unspecified atom stereocenters. The molecule has 0 bridgehead atoms. The second kappa shape index (κ2) is 4.97. The van der Waals surface area contributed by atoms with Gasteiger partial charge in [0.15, 0.2) is 9.84 Å². The molecule has 0 amide bonds. The van der Waals surface area contributed by atoms with E-state index in [1.54, 1.807) is 0 Å². The lowest BCUT2D eigenvalue weighted by Crippen LogP contribution is -2.20. The molecule has 0 aliphatic rings. The third-order valence-corrected chi connectivity index (χ3v) is 5.00. The van der Waals surface area contributed by atoms with Gasteiger partial charge in [-0.3, -0.25) is 10.1 Å². The summed E-state index contributed by atoms with van der Waals surface area (Å²) in [4.78, 5) is 9.22. The van der Waals surface area contributed by atoms with E-state index in [2.05, 4.69) is 0 Å². The predicted molar refractivity (Wildman–Crippen MR) is 60.4 cm³/mol. The Hall–Kier alpha value is -1.21. The summed E-state index contributed by atoms with van der Waals surface area (Å²) in [6.07, 6.45) is 0. The van der Waals surface area contributed by atoms with E-state index in [9.17, 15) is 22.9 Å². The number of hydrogen-bond donors (Lipinski definition) is 0. The lowest BCUT2D eigenvalue weighted by atomic mass is 10.3. The standard InChI is InChI=1S/C9H9ClFNO4S/c1-6(5-10)17(15,16)9-3-2-7(11)4-8(9)12(13)14/h2-4,6H,5H2,1H3. The van der Waals surface area contributed by atoms with Crippen molar-refractivity contribution in [1.82, 2.24) is 0 Å². The molecule has 1 aromatic rings. The van der Waals surface area contributed by atoms with Crippen LogP contribution in [0.4, 0.5) is 10.1 Å². The van der Waals surface area contributed by atoms with Gasteiger partial charge in [-0.2, -0.15) is 0 Å². The number of rotatable bonds is 4. The molecule has 0 fully saturated rings. The number of nitro benzene ring substituents is 1. The highest BCUT2D eigenvalue weighted by molar-refractivity contribution is 7.92. The zero-order valence-corrected chi connectivity index (χ0v) is 10.3. The van der Waals surface area contributed by atoms with Crippen LogP contribution < -0.4 is 0 Å². The molecule has 0 radical (unpaired) electrons. The molecular weight excluding hydrogens is 273 g/mol. The first-order valence-electron chi connectivity index (χ1n) is 4.54. The van der Waals surface area contributed by atoms with Gasteiger partial charge in [-0.15, -0.1) is 11.6 Å². The van der Waals surface area contributed by atoms with Gasteiger partial charge in [0.2, 0.25) is 0 Å². The van der Waals surface area contributed by atoms with Crippen LogP contribution in [0, 0.1) is 15.9 Å². The minimum absolute atomic E-state index is 0.198. The summed E-state index contributed by atoms with van der Waals surface area (Å²) in [6.45, 7) is 1.33. The van der Waals surface area contributed by atoms with Crippen molar-refractivity contribution in [3.8, 4) is 0 Å². The Labute approximate surface area is 102 Å². The molecule has 0 heterocycles. The van der Waals surface area contributed by atoms with Crippen LogP contribution >= 0.6 is 11.6 Å². The van der Waals surface area contributed by atoms with Crippen LogP contribution in [0.3, 0.4) is 0 Å². The molecule has 1 atom stereocenters. The first-order chi connectivity index (χ1) is 7.80. The molecule has 0 aliphatic heterocycles. The van der Waals surface area contributed by atoms with Gasteiger partial charge in [0, 0.05) is 5.88 Å². The molecular formula is C9H9ClFNO4S. The van der Waals surface area contributed by atoms with Crippen LogP contribution in [0.5, 0.6) is 0 Å². The highest BCUT2D eigenvalue weighted by atomic mass is 35.5. The molecule has 0 saturated carbocycles. The van der Waals surface area contributed by atoms with Crippen LogP contribution in [0.25, 0.3) is 0 Å². The molecule has 94 valence electrons. The van der Waals surface area contributed by atoms with Crippen molar-refractivity contribution < 1.29 is 17.7 Å². The van der Waals surface area contributed by atoms with Crippen molar-refractivity contribution in [1.29, 1.82) is 0 Å². The number of nitro groups is 1. The van der Waals surface area contributed by atoms with Gasteiger partial charge >= 0.3 is 0 Å². The SMILES string of the molecule is CC(CCl)S(=O)(=O)c1ccc(F)cc1[N+](=O)[O-]. The molecule has 0 aliphatic carbocycles. The fraction of sp³-hybridized carbons (Fsp3) is 0.333. The Morgan fingerprint density at radius 3 is 2.59 bits per heavy atom. The number of alkyl halides is 1. The summed E-state index contributed by atoms with van der Waals surface area (Å²) in [6, 6.07) is 2.32. The fourth-order valence-electron chi connectivity index (χ4n) is 1.17. The number of halogens is 2. The molecule has 8 heteroatoms. The topological polar surface area (TPSA) is 77.3 Å². The van der Waals surface area contributed by atoms with Crippen LogP contribution in [0.1, 0.15) is 6.92 Å². The first-order valence-corrected chi connectivity index (χ1v) is 6.62. The highest BCUT2D eigenvalue weighted by Crippen LogP contribution is 2.27. The van der Waals surface area contributed by atoms with E-state index in [0.29, 0.717) is 6.07 Å². The average molecular weight is 282 g/mol. The van der Waals surface area contributed by atoms with E-state index in [4.69, 9.17) is 11.6 Å². The third kappa shape index (κ3) is 2.73. The van der Waals surface area contributed by atoms with Gasteiger partial charge < -0.3 is 0 Å². The zero-order chi connectivity index (χ0) is 13.2. The minimum Gasteiger partial charge on any atom is -0.258 e. The second-order valence-electron chi connectivity index (χ2n) is 3.38. The maximum Gasteiger partial charge on any atom is 0.290 e. The van der Waals surface area contributed by atoms with Crippen molar-refractivity contribution in [3.05, 3.63) is 34.1 Å². The van der Waals surface area contributed by atoms with E-state index in [0.717, 1.165) is 12.1 Å². The van der Waals surface area contributed by atoms with Gasteiger partial charge in [-0.1, -0.05) is 0 Å². The number of hydrogen-bond acceptors (Lipinski definition) is 4. The third-order valence-electron chi connectivity index (χ3n) is 2.17. The van der Waals surface area contributed by atoms with E-state index in [1.807, 2.05) is 0 Å². The molecule has 17 heavy (non-hydrogen) atoms. The predicted octanol–water partition coefficient (Wildman–Crippen LogP) is 2.13. The summed E-state index contributed by atoms with van der Waals surface area (Å²) in [7, 11) is -3.92. The van der Waals surface area contributed by atoms with E-state index < -0.39 is 36.4 Å². The van der Waals surface area contributed by atoms with E-state index >= 15 is 0 Å². The van der Waals surface area contributed by atoms with E-state index in [-0.39, 0.29) is 5.88 Å². The van der Waals surface area contributed by atoms with Gasteiger partial charge in [0.1, 0.15) is 10.7 Å². The molecule has 0 spiro atoms. The minimum atomic E-state index is -3.92. The maximum absolute atomic E-state index is 12.9. The van der Waals surface area contributed by atoms with Crippen LogP contribution in [0.2, 0.25) is 0 Å². The lowest BCUT2D eigenvalue weighted by molar-refractivity contribution is -0.388. The zero-order valence-electron chi connectivity index (χ0n) is 8.76. The monoisotopic (exact) mass is 281 g/mol. The van der Waals surface area contributed by atoms with Crippen LogP contribution in [0.15, 0.2) is 23.1 Å². The fourth-order valence-corrected chi connectivity index (χ4v) is 2.95. The quantitative estimate of drug-likeness (QED) is 0.367. The summed E-state index contributed by atoms with van der Waals surface area (Å²) >= 11 is 5.43. The normalized spacial score (nSPS) is 13.4. The van der Waals surface area contributed by atoms with Crippen molar-refractivity contribution in [2.75, 3.05) is 5.88 Å². The Bertz CT molecular complexity index is 546. The van der Waals surface area contributed by atoms with Crippen molar-refractivity contribution in [2.24, 2.45) is 0 Å². The number of sulfone groups is 1. The largest absolute Gasteiger partial charge is 0.290 e. The first kappa shape index (κ1) is 13.9. The molecule has 0 aromatic heterocycles. The van der Waals surface area contributed by atoms with Gasteiger partial charge in [-0.25, -0.2) is 12.8 Å². The number of nitrogens with zero attached hydrogens (tertiary/aromatic N) is 1. The van der Waals surface area contributed by atoms with Crippen LogP contribution in [-0.2, 0) is 9.84 Å². The smallest absolute Gasteiger partial charge is 0.258 e. The van der Waals surface area contributed by atoms with E-state index in [1.165, 1.54) is 6.92 Å². The van der Waals surface area contributed by atoms with Crippen molar-refractivity contribution >= 4 is 27.1 Å². The van der Waals surface area contributed by atoms with Crippen molar-refractivity contribution in [2.45, 2.75) is 17.1 Å². The lowest BCUT2D eigenvalue weighted by Gasteiger charge is -2.09. The molecule has 1 aromatic carbocycles. The summed E-state index contributed by atoms with van der Waals surface area (Å²) in [5.41, 5.74) is -0.776. The van der Waals surface area contributed by atoms with Gasteiger partial charge in [-0.05, 0) is 19.1 Å². The molecule has 5 nitrogen and oxygen atoms in total. The summed E-state index contributed by atoms with van der Waals surface area (Å²) in [5, 5.41) is 9.69. The van der Waals surface area contributed by atoms with Gasteiger partial charge in [0.25, 0.3) is 5.69 Å². The Morgan fingerprint density at radius 1 is 1.53 bits per heavy atom. The Balaban J connectivity index is 3.47. The van der Waals surface area contributed by atoms with Crippen LogP contribution in [-0.4, -0.2) is 24.5 Å². The molecule has 1 rings (SSSR count). The number of benzene rings is 1. The Kier molecular flexibility index (Phi) is 4.05. The maximum atomic E-state index is 12.9. The Morgan fingerprint density at radius 2 is 2.12 bits per heavy atom. The summed E-state index contributed by atoms with van der Waals surface area (Å²) in [5.74, 6) is -1.06.